The number of aliphatic carboxylic acids is 1. The number of carboxylic acids is 1. The molecule has 1 aliphatic heterocycles. The average Bonchev–Trinajstić information content (AvgIpc) is 3.01. The molecule has 0 radical (unpaired) electrons. The Morgan fingerprint density at radius 1 is 1.16 bits per heavy atom. The van der Waals surface area contributed by atoms with Crippen molar-refractivity contribution < 1.29 is 19.1 Å². The summed E-state index contributed by atoms with van der Waals surface area (Å²) < 4.78 is 5.79. The lowest BCUT2D eigenvalue weighted by Crippen LogP contribution is -2.50. The van der Waals surface area contributed by atoms with Crippen LogP contribution in [0.25, 0.3) is 11.1 Å². The number of piperidine rings is 1. The standard InChI is InChI=1S/C18H21N3O4/c22-16(19-13-9-12(10-13)17(23)24)11-5-7-21(8-6-11)18-20-14-3-1-2-4-15(14)25-18/h1-4,11-13H,5-10H2,(H,19,22)(H,23,24). The molecule has 0 atom stereocenters. The van der Waals surface area contributed by atoms with Gasteiger partial charge in [-0.25, -0.2) is 0 Å². The molecular weight excluding hydrogens is 322 g/mol. The van der Waals surface area contributed by atoms with E-state index in [-0.39, 0.29) is 23.8 Å². The summed E-state index contributed by atoms with van der Waals surface area (Å²) in [5.74, 6) is -1.04. The number of fused-ring (bicyclic) bond motifs is 1. The molecule has 2 fully saturated rings. The van der Waals surface area contributed by atoms with Crippen molar-refractivity contribution in [2.45, 2.75) is 31.7 Å². The van der Waals surface area contributed by atoms with Gasteiger partial charge in [-0.2, -0.15) is 4.98 Å². The first-order chi connectivity index (χ1) is 12.1. The number of nitrogens with zero attached hydrogens (tertiary/aromatic N) is 2. The Morgan fingerprint density at radius 2 is 1.88 bits per heavy atom. The number of carboxylic acid groups (broad SMARTS) is 1. The van der Waals surface area contributed by atoms with Crippen LogP contribution in [0.4, 0.5) is 6.01 Å². The monoisotopic (exact) mass is 343 g/mol. The summed E-state index contributed by atoms with van der Waals surface area (Å²) in [4.78, 5) is 29.7. The van der Waals surface area contributed by atoms with E-state index in [1.54, 1.807) is 0 Å². The molecule has 1 aliphatic carbocycles. The lowest BCUT2D eigenvalue weighted by Gasteiger charge is -2.35. The Kier molecular flexibility index (Phi) is 4.07. The number of hydrogen-bond acceptors (Lipinski definition) is 5. The zero-order chi connectivity index (χ0) is 17.4. The number of nitrogens with one attached hydrogen (secondary N) is 1. The van der Waals surface area contributed by atoms with Gasteiger partial charge in [0.05, 0.1) is 5.92 Å². The molecule has 4 rings (SSSR count). The SMILES string of the molecule is O=C(O)C1CC(NC(=O)C2CCN(c3nc4ccccc4o3)CC2)C1. The molecule has 0 unspecified atom stereocenters. The minimum Gasteiger partial charge on any atom is -0.481 e. The first-order valence-corrected chi connectivity index (χ1v) is 8.74. The number of oxazole rings is 1. The summed E-state index contributed by atoms with van der Waals surface area (Å²) in [5, 5.41) is 11.9. The van der Waals surface area contributed by atoms with Crippen molar-refractivity contribution in [1.29, 1.82) is 0 Å². The summed E-state index contributed by atoms with van der Waals surface area (Å²) >= 11 is 0. The molecule has 0 bridgehead atoms. The molecule has 1 amide bonds. The van der Waals surface area contributed by atoms with E-state index in [0.29, 0.717) is 18.9 Å². The van der Waals surface area contributed by atoms with Crippen LogP contribution in [0.5, 0.6) is 0 Å². The van der Waals surface area contributed by atoms with Crippen molar-refractivity contribution >= 4 is 29.0 Å². The maximum atomic E-state index is 12.3. The Hall–Kier alpha value is -2.57. The van der Waals surface area contributed by atoms with E-state index in [0.717, 1.165) is 37.0 Å². The Bertz CT molecular complexity index is 755. The summed E-state index contributed by atoms with van der Waals surface area (Å²) in [6, 6.07) is 8.30. The van der Waals surface area contributed by atoms with E-state index >= 15 is 0 Å². The van der Waals surface area contributed by atoms with Crippen molar-refractivity contribution in [3.05, 3.63) is 24.3 Å². The lowest BCUT2D eigenvalue weighted by molar-refractivity contribution is -0.146. The highest BCUT2D eigenvalue weighted by atomic mass is 16.4. The fraction of sp³-hybridized carbons (Fsp3) is 0.500. The van der Waals surface area contributed by atoms with Crippen molar-refractivity contribution in [2.75, 3.05) is 18.0 Å². The summed E-state index contributed by atoms with van der Waals surface area (Å²) in [5.41, 5.74) is 1.62. The Labute approximate surface area is 145 Å². The average molecular weight is 343 g/mol. The van der Waals surface area contributed by atoms with Crippen LogP contribution >= 0.6 is 0 Å². The highest BCUT2D eigenvalue weighted by Crippen LogP contribution is 2.29. The summed E-state index contributed by atoms with van der Waals surface area (Å²) in [6.07, 6.45) is 2.59. The van der Waals surface area contributed by atoms with E-state index in [1.807, 2.05) is 24.3 Å². The van der Waals surface area contributed by atoms with Gasteiger partial charge in [0.1, 0.15) is 5.52 Å². The second-order valence-electron chi connectivity index (χ2n) is 6.94. The zero-order valence-corrected chi connectivity index (χ0v) is 13.9. The fourth-order valence-corrected chi connectivity index (χ4v) is 3.58. The summed E-state index contributed by atoms with van der Waals surface area (Å²) in [6.45, 7) is 1.46. The number of carbonyl (C=O) groups is 2. The third kappa shape index (κ3) is 3.18. The number of benzene rings is 1. The third-order valence-corrected chi connectivity index (χ3v) is 5.25. The largest absolute Gasteiger partial charge is 0.481 e. The maximum absolute atomic E-state index is 12.3. The van der Waals surface area contributed by atoms with Gasteiger partial charge in [-0.3, -0.25) is 9.59 Å². The van der Waals surface area contributed by atoms with Gasteiger partial charge in [0.2, 0.25) is 5.91 Å². The molecule has 2 aromatic rings. The van der Waals surface area contributed by atoms with Crippen LogP contribution < -0.4 is 10.2 Å². The Morgan fingerprint density at radius 3 is 2.56 bits per heavy atom. The van der Waals surface area contributed by atoms with Crippen molar-refractivity contribution in [3.63, 3.8) is 0 Å². The lowest BCUT2D eigenvalue weighted by atomic mass is 9.80. The number of amides is 1. The zero-order valence-electron chi connectivity index (χ0n) is 13.9. The molecule has 7 nitrogen and oxygen atoms in total. The molecule has 2 aliphatic rings. The van der Waals surface area contributed by atoms with E-state index < -0.39 is 5.97 Å². The molecule has 0 spiro atoms. The van der Waals surface area contributed by atoms with E-state index in [2.05, 4.69) is 15.2 Å². The fourth-order valence-electron chi connectivity index (χ4n) is 3.58. The second-order valence-corrected chi connectivity index (χ2v) is 6.94. The van der Waals surface area contributed by atoms with E-state index in [1.165, 1.54) is 0 Å². The number of carbonyl (C=O) groups excluding carboxylic acids is 1. The molecular formula is C18H21N3O4. The van der Waals surface area contributed by atoms with Crippen molar-refractivity contribution in [3.8, 4) is 0 Å². The predicted molar refractivity (Wildman–Crippen MR) is 91.2 cm³/mol. The normalized spacial score (nSPS) is 24.1. The summed E-state index contributed by atoms with van der Waals surface area (Å²) in [7, 11) is 0. The van der Waals surface area contributed by atoms with Crippen LogP contribution in [0.1, 0.15) is 25.7 Å². The molecule has 2 heterocycles. The minimum atomic E-state index is -0.767. The predicted octanol–water partition coefficient (Wildman–Crippen LogP) is 2.02. The van der Waals surface area contributed by atoms with Gasteiger partial charge in [0.15, 0.2) is 5.58 Å². The number of anilines is 1. The highest BCUT2D eigenvalue weighted by Gasteiger charge is 2.37. The van der Waals surface area contributed by atoms with E-state index in [9.17, 15) is 9.59 Å². The first kappa shape index (κ1) is 15.9. The smallest absolute Gasteiger partial charge is 0.306 e. The van der Waals surface area contributed by atoms with Crippen LogP contribution in [-0.4, -0.2) is 41.1 Å². The van der Waals surface area contributed by atoms with Gasteiger partial charge >= 0.3 is 5.97 Å². The number of hydrogen-bond donors (Lipinski definition) is 2. The number of rotatable bonds is 4. The number of para-hydroxylation sites is 2. The van der Waals surface area contributed by atoms with Crippen LogP contribution in [0.3, 0.4) is 0 Å². The van der Waals surface area contributed by atoms with Crippen molar-refractivity contribution in [1.82, 2.24) is 10.3 Å². The van der Waals surface area contributed by atoms with Crippen LogP contribution in [0.2, 0.25) is 0 Å². The molecule has 1 aromatic carbocycles. The molecule has 132 valence electrons. The first-order valence-electron chi connectivity index (χ1n) is 8.74. The molecule has 1 saturated carbocycles. The van der Waals surface area contributed by atoms with Gasteiger partial charge in [-0.1, -0.05) is 12.1 Å². The van der Waals surface area contributed by atoms with E-state index in [4.69, 9.17) is 9.52 Å². The third-order valence-electron chi connectivity index (χ3n) is 5.25. The highest BCUT2D eigenvalue weighted by molar-refractivity contribution is 5.80. The Balaban J connectivity index is 1.29. The minimum absolute atomic E-state index is 0.0173. The molecule has 2 N–H and O–H groups in total. The van der Waals surface area contributed by atoms with Crippen molar-refractivity contribution in [2.24, 2.45) is 11.8 Å². The number of aromatic nitrogens is 1. The van der Waals surface area contributed by atoms with Gasteiger partial charge in [0, 0.05) is 25.0 Å². The van der Waals surface area contributed by atoms with Crippen LogP contribution in [0.15, 0.2) is 28.7 Å². The van der Waals surface area contributed by atoms with Crippen LogP contribution in [-0.2, 0) is 9.59 Å². The van der Waals surface area contributed by atoms with Crippen LogP contribution in [0, 0.1) is 11.8 Å². The van der Waals surface area contributed by atoms with Gasteiger partial charge in [0.25, 0.3) is 6.01 Å². The maximum Gasteiger partial charge on any atom is 0.306 e. The molecule has 1 saturated heterocycles. The second kappa shape index (κ2) is 6.38. The van der Waals surface area contributed by atoms with Gasteiger partial charge < -0.3 is 19.7 Å². The van der Waals surface area contributed by atoms with Gasteiger partial charge in [-0.05, 0) is 37.8 Å². The quantitative estimate of drug-likeness (QED) is 0.882. The molecule has 25 heavy (non-hydrogen) atoms. The molecule has 1 aromatic heterocycles. The topological polar surface area (TPSA) is 95.7 Å². The van der Waals surface area contributed by atoms with Gasteiger partial charge in [-0.15, -0.1) is 0 Å². The molecule has 7 heteroatoms.